The number of hydrogen-bond acceptors (Lipinski definition) is 14. The number of nitrogens with zero attached hydrogens (tertiary/aromatic N) is 6. The van der Waals surface area contributed by atoms with Gasteiger partial charge in [0.15, 0.2) is 0 Å². The van der Waals surface area contributed by atoms with Gasteiger partial charge in [0, 0.05) is 37.6 Å². The van der Waals surface area contributed by atoms with Gasteiger partial charge in [0.1, 0.15) is 28.2 Å². The van der Waals surface area contributed by atoms with Crippen LogP contribution in [0.4, 0.5) is 21.5 Å². The van der Waals surface area contributed by atoms with E-state index in [1.807, 2.05) is 49.4 Å². The maximum Gasteiger partial charge on any atom is 0.304 e. The van der Waals surface area contributed by atoms with E-state index in [2.05, 4.69) is 63.1 Å². The first-order valence-corrected chi connectivity index (χ1v) is 22.5. The first-order chi connectivity index (χ1) is 34.7. The summed E-state index contributed by atoms with van der Waals surface area (Å²) in [5.74, 6) is -0.0752. The van der Waals surface area contributed by atoms with Crippen LogP contribution >= 0.6 is 47.8 Å². The average molecular weight is 1140 g/mol. The smallest absolute Gasteiger partial charge is 0.304 e. The number of nitro benzene ring substituents is 2. The lowest BCUT2D eigenvalue weighted by molar-refractivity contribution is -0.387. The number of imidazole rings is 2. The summed E-state index contributed by atoms with van der Waals surface area (Å²) in [6.07, 6.45) is 2.84. The summed E-state index contributed by atoms with van der Waals surface area (Å²) in [4.78, 5) is 28.0. The second-order valence-corrected chi connectivity index (χ2v) is 18.3. The zero-order valence-electron chi connectivity index (χ0n) is 41.9. The largest absolute Gasteiger partial charge is 0.496 e. The predicted octanol–water partition coefficient (Wildman–Crippen LogP) is 8.37. The molecule has 0 unspecified atom stereocenters. The summed E-state index contributed by atoms with van der Waals surface area (Å²) in [7, 11) is 1.63. The highest BCUT2D eigenvalue weighted by Crippen LogP contribution is 2.34. The first kappa shape index (κ1) is 42.7. The van der Waals surface area contributed by atoms with Crippen LogP contribution in [0.2, 0.25) is 0 Å². The molecule has 5 aromatic carbocycles. The van der Waals surface area contributed by atoms with Gasteiger partial charge in [0.05, 0.1) is 113 Å². The fourth-order valence-corrected chi connectivity index (χ4v) is 7.53. The lowest BCUT2D eigenvalue weighted by atomic mass is 10.0. The minimum atomic E-state index is -2.24. The number of nitrogens with one attached hydrogen (secondary N) is 1. The molecule has 3 aliphatic heterocycles. The highest BCUT2D eigenvalue weighted by Gasteiger charge is 2.38. The number of nitro groups is 2. The van der Waals surface area contributed by atoms with E-state index in [0.29, 0.717) is 31.0 Å². The summed E-state index contributed by atoms with van der Waals surface area (Å²) in [6, 6.07) is 24.7. The van der Waals surface area contributed by atoms with E-state index in [0.717, 1.165) is 39.0 Å². The molecule has 3 saturated heterocycles. The normalized spacial score (nSPS) is 17.9. The van der Waals surface area contributed by atoms with Crippen molar-refractivity contribution >= 4 is 86.9 Å². The van der Waals surface area contributed by atoms with E-state index < -0.39 is 57.6 Å². The quantitative estimate of drug-likeness (QED) is 0.0705. The predicted molar refractivity (Wildman–Crippen MR) is 261 cm³/mol. The van der Waals surface area contributed by atoms with Crippen molar-refractivity contribution in [3.05, 3.63) is 149 Å². The number of anilines is 1. The molecular formula is C46H45Br3FN7O11. The monoisotopic (exact) mass is 1130 g/mol. The van der Waals surface area contributed by atoms with Gasteiger partial charge in [0.2, 0.25) is 5.82 Å². The number of hydrogen-bond donors (Lipinski definition) is 4. The number of fused-ring (bicyclic) bond motifs is 2. The molecule has 18 nitrogen and oxygen atoms in total. The standard InChI is InChI=1S/C19H20N2O3.C11H11BrN2O2.C10H11BrN2O4.C6H3BrFNO2/c1-13-3-5-15(18(7-13)23-2)14-4-6-16-17(8-14)21(12-20-16)9-19(22)10-24-11-19;12-8-1-2-9-10(3-8)14(7-13-9)4-11(15)5-16-6-11;11-7-1-2-9(13(15)16)8(3-7)12-4-10(14)5-17-6-10;7-4-1-2-6(9(10)11)5(8)3-4/h3-8,12,22H,9-11H2,1-2H3;1-3,7,15H,4-6H2;1-3,12,14H,4-6H2;1-3H/i9D2;2*4D2;. The summed E-state index contributed by atoms with van der Waals surface area (Å²) >= 11 is 9.49. The molecular weight excluding hydrogens is 1090 g/mol. The van der Waals surface area contributed by atoms with Crippen LogP contribution < -0.4 is 10.1 Å². The highest BCUT2D eigenvalue weighted by atomic mass is 79.9. The molecule has 0 aliphatic carbocycles. The molecule has 3 fully saturated rings. The van der Waals surface area contributed by atoms with Crippen LogP contribution in [0.3, 0.4) is 0 Å². The van der Waals surface area contributed by atoms with Crippen LogP contribution in [-0.4, -0.2) is 114 Å². The molecule has 0 amide bonds. The van der Waals surface area contributed by atoms with E-state index in [4.69, 9.17) is 27.2 Å². The summed E-state index contributed by atoms with van der Waals surface area (Å²) in [5, 5.41) is 54.0. The van der Waals surface area contributed by atoms with E-state index >= 15 is 0 Å². The number of ether oxygens (including phenoxy) is 4. The molecule has 7 aromatic rings. The highest BCUT2D eigenvalue weighted by molar-refractivity contribution is 9.11. The summed E-state index contributed by atoms with van der Waals surface area (Å²) in [6.45, 7) is -4.63. The Kier molecular flexibility index (Phi) is 13.5. The Hall–Kier alpha value is -5.43. The second-order valence-electron chi connectivity index (χ2n) is 15.6. The molecule has 3 aliphatic rings. The van der Waals surface area contributed by atoms with Crippen molar-refractivity contribution in [1.82, 2.24) is 19.1 Å². The minimum absolute atomic E-state index is 0.00627. The Bertz CT molecular complexity index is 3230. The van der Waals surface area contributed by atoms with Crippen molar-refractivity contribution in [3.63, 3.8) is 0 Å². The number of aliphatic hydroxyl groups is 3. The van der Waals surface area contributed by atoms with Crippen molar-refractivity contribution in [2.45, 2.75) is 36.7 Å². The molecule has 0 bridgehead atoms. The molecule has 0 atom stereocenters. The van der Waals surface area contributed by atoms with Crippen LogP contribution in [0.25, 0.3) is 33.2 Å². The SMILES string of the molecule is O=[N+]([O-])c1ccc(Br)cc1F.[2H]C([2H])(Nc1cc(Br)ccc1[N+](=O)[O-])C1(O)COC1.[2H]C([2H])(n1cnc2ccc(-c3ccc(C)cc3OC)cc21)C1(O)COC1.[2H]C([2H])(n1cnc2ccc(Br)cc21)C1(O)COC1. The Labute approximate surface area is 421 Å². The van der Waals surface area contributed by atoms with Gasteiger partial charge in [-0.1, -0.05) is 66.0 Å². The molecule has 0 spiro atoms. The number of rotatable bonds is 11. The maximum atomic E-state index is 12.6. The minimum Gasteiger partial charge on any atom is -0.496 e. The van der Waals surface area contributed by atoms with E-state index in [1.165, 1.54) is 46.1 Å². The van der Waals surface area contributed by atoms with Crippen molar-refractivity contribution in [1.29, 1.82) is 0 Å². The number of aryl methyl sites for hydroxylation is 1. The van der Waals surface area contributed by atoms with E-state index in [-0.39, 0.29) is 51.0 Å². The molecule has 2 aromatic heterocycles. The van der Waals surface area contributed by atoms with Crippen LogP contribution in [0.5, 0.6) is 5.75 Å². The molecule has 22 heteroatoms. The zero-order chi connectivity index (χ0) is 54.2. The van der Waals surface area contributed by atoms with E-state index in [9.17, 15) is 39.9 Å². The third-order valence-electron chi connectivity index (χ3n) is 10.1. The van der Waals surface area contributed by atoms with Crippen LogP contribution in [0.1, 0.15) is 13.8 Å². The molecule has 4 N–H and O–H groups in total. The van der Waals surface area contributed by atoms with E-state index in [1.54, 1.807) is 19.2 Å². The van der Waals surface area contributed by atoms with Gasteiger partial charge in [-0.25, -0.2) is 9.97 Å². The summed E-state index contributed by atoms with van der Waals surface area (Å²) < 4.78 is 86.3. The van der Waals surface area contributed by atoms with Gasteiger partial charge in [-0.15, -0.1) is 0 Å². The molecule has 0 radical (unpaired) electrons. The lowest BCUT2D eigenvalue weighted by Gasteiger charge is -2.36. The van der Waals surface area contributed by atoms with Gasteiger partial charge >= 0.3 is 5.69 Å². The van der Waals surface area contributed by atoms with Gasteiger partial charge < -0.3 is 48.7 Å². The lowest BCUT2D eigenvalue weighted by Crippen LogP contribution is -2.54. The van der Waals surface area contributed by atoms with Gasteiger partial charge in [-0.2, -0.15) is 4.39 Å². The Morgan fingerprint density at radius 1 is 0.721 bits per heavy atom. The average Bonchev–Trinajstić information content (AvgIpc) is 3.94. The van der Waals surface area contributed by atoms with Crippen molar-refractivity contribution in [3.8, 4) is 16.9 Å². The van der Waals surface area contributed by atoms with Crippen molar-refractivity contribution in [2.75, 3.05) is 58.6 Å². The van der Waals surface area contributed by atoms with Gasteiger partial charge in [0.25, 0.3) is 5.69 Å². The van der Waals surface area contributed by atoms with Crippen LogP contribution in [0, 0.1) is 33.0 Å². The Balaban J connectivity index is 0.000000150. The van der Waals surface area contributed by atoms with Crippen molar-refractivity contribution in [2.24, 2.45) is 0 Å². The maximum absolute atomic E-state index is 12.6. The van der Waals surface area contributed by atoms with Crippen LogP contribution in [0.15, 0.2) is 117 Å². The van der Waals surface area contributed by atoms with Gasteiger partial charge in [-0.05, 0) is 78.7 Å². The molecule has 68 heavy (non-hydrogen) atoms. The van der Waals surface area contributed by atoms with Crippen LogP contribution in [-0.2, 0) is 27.2 Å². The molecule has 10 rings (SSSR count). The Morgan fingerprint density at radius 2 is 1.22 bits per heavy atom. The number of methoxy groups -OCH3 is 1. The number of halogens is 4. The molecule has 0 saturated carbocycles. The zero-order valence-corrected chi connectivity index (χ0v) is 40.6. The number of aromatic nitrogens is 4. The fourth-order valence-electron chi connectivity index (χ4n) is 6.49. The topological polar surface area (TPSA) is 232 Å². The molecule has 358 valence electrons. The third-order valence-corrected chi connectivity index (χ3v) is 11.6. The first-order valence-electron chi connectivity index (χ1n) is 23.1. The molecule has 5 heterocycles. The third kappa shape index (κ3) is 12.4. The van der Waals surface area contributed by atoms with Crippen molar-refractivity contribution < 1.29 is 56.7 Å². The Morgan fingerprint density at radius 3 is 1.74 bits per heavy atom. The fraction of sp³-hybridized carbons (Fsp3) is 0.304. The second kappa shape index (κ2) is 21.5. The van der Waals surface area contributed by atoms with Gasteiger partial charge in [-0.3, -0.25) is 20.2 Å². The number of benzene rings is 5. The summed E-state index contributed by atoms with van der Waals surface area (Å²) in [5.41, 5.74) is -0.0370.